The molecule has 5 nitrogen and oxygen atoms in total. The van der Waals surface area contributed by atoms with E-state index in [9.17, 15) is 4.79 Å². The zero-order chi connectivity index (χ0) is 10.7. The first-order valence-electron chi connectivity index (χ1n) is 4.90. The first-order chi connectivity index (χ1) is 7.25. The minimum absolute atomic E-state index is 0.199. The first kappa shape index (κ1) is 9.76. The largest absolute Gasteiger partial charge is 0.465 e. The zero-order valence-corrected chi connectivity index (χ0v) is 8.26. The van der Waals surface area contributed by atoms with E-state index in [4.69, 9.17) is 5.11 Å². The van der Waals surface area contributed by atoms with Crippen LogP contribution in [0.3, 0.4) is 0 Å². The van der Waals surface area contributed by atoms with Crippen molar-refractivity contribution in [3.63, 3.8) is 0 Å². The van der Waals surface area contributed by atoms with Gasteiger partial charge in [0.1, 0.15) is 0 Å². The molecule has 0 radical (unpaired) electrons. The third-order valence-electron chi connectivity index (χ3n) is 2.49. The zero-order valence-electron chi connectivity index (χ0n) is 8.26. The predicted molar refractivity (Wildman–Crippen MR) is 55.9 cm³/mol. The van der Waals surface area contributed by atoms with Crippen molar-refractivity contribution >= 4 is 11.8 Å². The van der Waals surface area contributed by atoms with Crippen LogP contribution >= 0.6 is 0 Å². The Kier molecular flexibility index (Phi) is 2.71. The number of likely N-dealkylation sites (tertiary alicyclic amines) is 1. The van der Waals surface area contributed by atoms with Crippen LogP contribution in [0.25, 0.3) is 0 Å². The Morgan fingerprint density at radius 1 is 1.67 bits per heavy atom. The summed E-state index contributed by atoms with van der Waals surface area (Å²) in [6.07, 6.45) is 3.46. The molecule has 0 spiro atoms. The molecule has 5 heteroatoms. The fourth-order valence-corrected chi connectivity index (χ4v) is 1.74. The number of hydrogen-bond acceptors (Lipinski definition) is 3. The van der Waals surface area contributed by atoms with Gasteiger partial charge in [-0.3, -0.25) is 4.98 Å². The molecular formula is C10H13N3O2. The van der Waals surface area contributed by atoms with Crippen molar-refractivity contribution in [1.29, 1.82) is 0 Å². The molecule has 2 rings (SSSR count). The second-order valence-electron chi connectivity index (χ2n) is 3.60. The monoisotopic (exact) mass is 207 g/mol. The molecule has 1 fully saturated rings. The molecule has 2 heterocycles. The normalized spacial score (nSPS) is 20.3. The highest BCUT2D eigenvalue weighted by atomic mass is 16.4. The van der Waals surface area contributed by atoms with Crippen LogP contribution in [-0.2, 0) is 0 Å². The second-order valence-corrected chi connectivity index (χ2v) is 3.60. The summed E-state index contributed by atoms with van der Waals surface area (Å²) < 4.78 is 0. The average Bonchev–Trinajstić information content (AvgIpc) is 2.68. The molecule has 0 bridgehead atoms. The average molecular weight is 207 g/mol. The summed E-state index contributed by atoms with van der Waals surface area (Å²) in [6.45, 7) is 1.15. The first-order valence-corrected chi connectivity index (χ1v) is 4.90. The van der Waals surface area contributed by atoms with Gasteiger partial charge in [0.15, 0.2) is 0 Å². The molecule has 0 aromatic carbocycles. The summed E-state index contributed by atoms with van der Waals surface area (Å²) in [7, 11) is 0. The minimum atomic E-state index is -0.842. The number of rotatable bonds is 2. The number of carboxylic acid groups (broad SMARTS) is 1. The number of aromatic nitrogens is 1. The topological polar surface area (TPSA) is 65.5 Å². The molecule has 1 atom stereocenters. The summed E-state index contributed by atoms with van der Waals surface area (Å²) in [5.41, 5.74) is 0.940. The van der Waals surface area contributed by atoms with Crippen molar-refractivity contribution in [3.8, 4) is 0 Å². The Morgan fingerprint density at radius 2 is 2.53 bits per heavy atom. The number of nitrogens with one attached hydrogen (secondary N) is 1. The maximum absolute atomic E-state index is 10.7. The molecule has 1 aromatic heterocycles. The number of nitrogens with zero attached hydrogens (tertiary/aromatic N) is 2. The van der Waals surface area contributed by atoms with Crippen LogP contribution in [0.1, 0.15) is 6.42 Å². The molecule has 0 aliphatic carbocycles. The highest BCUT2D eigenvalue weighted by Gasteiger charge is 2.25. The van der Waals surface area contributed by atoms with Crippen molar-refractivity contribution in [2.24, 2.45) is 0 Å². The molecule has 1 aliphatic heterocycles. The number of amides is 1. The number of carbonyl (C=O) groups is 1. The summed E-state index contributed by atoms with van der Waals surface area (Å²) in [5, 5.41) is 12.0. The fourth-order valence-electron chi connectivity index (χ4n) is 1.74. The van der Waals surface area contributed by atoms with Gasteiger partial charge < -0.3 is 15.3 Å². The highest BCUT2D eigenvalue weighted by Crippen LogP contribution is 2.14. The van der Waals surface area contributed by atoms with Gasteiger partial charge in [-0.05, 0) is 18.6 Å². The van der Waals surface area contributed by atoms with Crippen LogP contribution in [0.4, 0.5) is 10.5 Å². The second kappa shape index (κ2) is 4.16. The van der Waals surface area contributed by atoms with Crippen molar-refractivity contribution in [1.82, 2.24) is 9.88 Å². The molecule has 15 heavy (non-hydrogen) atoms. The van der Waals surface area contributed by atoms with Crippen LogP contribution < -0.4 is 5.32 Å². The Morgan fingerprint density at radius 3 is 3.13 bits per heavy atom. The summed E-state index contributed by atoms with van der Waals surface area (Å²) in [5.74, 6) is 0. The molecule has 1 aliphatic rings. The summed E-state index contributed by atoms with van der Waals surface area (Å²) in [6, 6.07) is 3.98. The molecule has 2 N–H and O–H groups in total. The van der Waals surface area contributed by atoms with Crippen molar-refractivity contribution in [3.05, 3.63) is 24.5 Å². The van der Waals surface area contributed by atoms with E-state index in [1.807, 2.05) is 12.1 Å². The van der Waals surface area contributed by atoms with E-state index in [1.54, 1.807) is 12.4 Å². The van der Waals surface area contributed by atoms with E-state index in [0.29, 0.717) is 13.1 Å². The van der Waals surface area contributed by atoms with Crippen LogP contribution in [0.15, 0.2) is 24.5 Å². The van der Waals surface area contributed by atoms with Gasteiger partial charge in [-0.1, -0.05) is 0 Å². The van der Waals surface area contributed by atoms with Crippen molar-refractivity contribution < 1.29 is 9.90 Å². The molecule has 0 saturated carbocycles. The smallest absolute Gasteiger partial charge is 0.407 e. The third-order valence-corrected chi connectivity index (χ3v) is 2.49. The minimum Gasteiger partial charge on any atom is -0.465 e. The Balaban J connectivity index is 1.90. The van der Waals surface area contributed by atoms with Crippen LogP contribution in [0.5, 0.6) is 0 Å². The van der Waals surface area contributed by atoms with Gasteiger partial charge in [-0.2, -0.15) is 0 Å². The van der Waals surface area contributed by atoms with Crippen molar-refractivity contribution in [2.75, 3.05) is 18.4 Å². The van der Waals surface area contributed by atoms with E-state index in [1.165, 1.54) is 4.90 Å². The Bertz CT molecular complexity index is 342. The highest BCUT2D eigenvalue weighted by molar-refractivity contribution is 5.65. The van der Waals surface area contributed by atoms with Gasteiger partial charge in [-0.25, -0.2) is 4.79 Å². The molecule has 1 aromatic rings. The summed E-state index contributed by atoms with van der Waals surface area (Å²) >= 11 is 0. The Labute approximate surface area is 87.7 Å². The van der Waals surface area contributed by atoms with Crippen LogP contribution in [0, 0.1) is 0 Å². The standard InChI is InChI=1S/C10H13N3O2/c14-10(15)13-5-3-9(7-13)12-8-2-1-4-11-6-8/h1-2,4,6,9,12H,3,5,7H2,(H,14,15)/t9-/m1/s1. The number of anilines is 1. The fraction of sp³-hybridized carbons (Fsp3) is 0.400. The quantitative estimate of drug-likeness (QED) is 0.765. The lowest BCUT2D eigenvalue weighted by atomic mass is 10.2. The van der Waals surface area contributed by atoms with E-state index >= 15 is 0 Å². The van der Waals surface area contributed by atoms with E-state index in [0.717, 1.165) is 12.1 Å². The molecule has 1 saturated heterocycles. The molecule has 80 valence electrons. The van der Waals surface area contributed by atoms with Gasteiger partial charge in [0.2, 0.25) is 0 Å². The maximum Gasteiger partial charge on any atom is 0.407 e. The van der Waals surface area contributed by atoms with Gasteiger partial charge in [0, 0.05) is 31.5 Å². The number of pyridine rings is 1. The molecule has 0 unspecified atom stereocenters. The van der Waals surface area contributed by atoms with Gasteiger partial charge in [0.05, 0.1) is 5.69 Å². The SMILES string of the molecule is O=C(O)N1CC[C@@H](Nc2cccnc2)C1. The third kappa shape index (κ3) is 2.37. The van der Waals surface area contributed by atoms with E-state index < -0.39 is 6.09 Å². The van der Waals surface area contributed by atoms with Gasteiger partial charge >= 0.3 is 6.09 Å². The summed E-state index contributed by atoms with van der Waals surface area (Å²) in [4.78, 5) is 16.1. The number of hydrogen-bond donors (Lipinski definition) is 2. The van der Waals surface area contributed by atoms with Crippen LogP contribution in [0.2, 0.25) is 0 Å². The lowest BCUT2D eigenvalue weighted by Crippen LogP contribution is -2.30. The van der Waals surface area contributed by atoms with Crippen LogP contribution in [-0.4, -0.2) is 40.2 Å². The Hall–Kier alpha value is -1.78. The van der Waals surface area contributed by atoms with Gasteiger partial charge in [0.25, 0.3) is 0 Å². The van der Waals surface area contributed by atoms with Gasteiger partial charge in [-0.15, -0.1) is 0 Å². The lowest BCUT2D eigenvalue weighted by molar-refractivity contribution is 0.155. The maximum atomic E-state index is 10.7. The molecular weight excluding hydrogens is 194 g/mol. The van der Waals surface area contributed by atoms with E-state index in [-0.39, 0.29) is 6.04 Å². The van der Waals surface area contributed by atoms with E-state index in [2.05, 4.69) is 10.3 Å². The predicted octanol–water partition coefficient (Wildman–Crippen LogP) is 1.25. The lowest BCUT2D eigenvalue weighted by Gasteiger charge is -2.14. The van der Waals surface area contributed by atoms with Crippen molar-refractivity contribution in [2.45, 2.75) is 12.5 Å². The molecule has 1 amide bonds.